The van der Waals surface area contributed by atoms with Crippen molar-refractivity contribution in [3.8, 4) is 0 Å². The molecule has 2 nitrogen and oxygen atoms in total. The highest BCUT2D eigenvalue weighted by atomic mass is 16.5. The van der Waals surface area contributed by atoms with E-state index >= 15 is 0 Å². The van der Waals surface area contributed by atoms with Gasteiger partial charge in [0.25, 0.3) is 6.47 Å². The van der Waals surface area contributed by atoms with Crippen LogP contribution in [0.2, 0.25) is 0 Å². The first-order valence-corrected chi connectivity index (χ1v) is 5.50. The number of ether oxygens (including phenoxy) is 1. The molecule has 0 fully saturated rings. The minimum Gasteiger partial charge on any atom is -0.463 e. The summed E-state index contributed by atoms with van der Waals surface area (Å²) in [5.41, 5.74) is 2.40. The molecule has 0 aliphatic rings. The van der Waals surface area contributed by atoms with Crippen molar-refractivity contribution >= 4 is 6.47 Å². The number of carbonyl (C=O) groups is 1. The zero-order chi connectivity index (χ0) is 10.9. The maximum atomic E-state index is 10.00. The predicted molar refractivity (Wildman–Crippen MR) is 60.5 cm³/mol. The highest BCUT2D eigenvalue weighted by Gasteiger charge is 1.95. The standard InChI is InChI=1S/C13H18O2/c1-2-3-4-5-12-6-8-13(9-7-12)10-15-11-14/h6-9,11H,2-5,10H2,1H3. The third-order valence-electron chi connectivity index (χ3n) is 2.41. The highest BCUT2D eigenvalue weighted by molar-refractivity contribution is 5.37. The van der Waals surface area contributed by atoms with Gasteiger partial charge in [-0.05, 0) is 24.0 Å². The Kier molecular flexibility index (Phi) is 5.52. The van der Waals surface area contributed by atoms with Gasteiger partial charge in [-0.15, -0.1) is 0 Å². The van der Waals surface area contributed by atoms with Crippen molar-refractivity contribution in [3.63, 3.8) is 0 Å². The molecule has 0 aliphatic carbocycles. The van der Waals surface area contributed by atoms with E-state index in [1.54, 1.807) is 0 Å². The summed E-state index contributed by atoms with van der Waals surface area (Å²) in [6.07, 6.45) is 4.94. The van der Waals surface area contributed by atoms with Gasteiger partial charge in [0.1, 0.15) is 6.61 Å². The lowest BCUT2D eigenvalue weighted by Crippen LogP contribution is -1.91. The molecule has 0 heterocycles. The number of hydrogen-bond acceptors (Lipinski definition) is 2. The van der Waals surface area contributed by atoms with E-state index in [1.807, 2.05) is 12.1 Å². The fourth-order valence-corrected chi connectivity index (χ4v) is 1.51. The number of aryl methyl sites for hydroxylation is 1. The lowest BCUT2D eigenvalue weighted by atomic mass is 10.1. The van der Waals surface area contributed by atoms with E-state index in [9.17, 15) is 4.79 Å². The van der Waals surface area contributed by atoms with E-state index in [2.05, 4.69) is 23.8 Å². The summed E-state index contributed by atoms with van der Waals surface area (Å²) in [6, 6.07) is 8.26. The van der Waals surface area contributed by atoms with Crippen molar-refractivity contribution in [1.82, 2.24) is 0 Å². The summed E-state index contributed by atoms with van der Waals surface area (Å²) in [5, 5.41) is 0. The summed E-state index contributed by atoms with van der Waals surface area (Å²) < 4.78 is 4.68. The maximum Gasteiger partial charge on any atom is 0.293 e. The minimum atomic E-state index is 0.374. The van der Waals surface area contributed by atoms with Gasteiger partial charge in [-0.3, -0.25) is 4.79 Å². The average molecular weight is 206 g/mol. The highest BCUT2D eigenvalue weighted by Crippen LogP contribution is 2.09. The second-order valence-electron chi connectivity index (χ2n) is 3.68. The van der Waals surface area contributed by atoms with Crippen LogP contribution in [0.5, 0.6) is 0 Å². The molecule has 1 aromatic carbocycles. The Morgan fingerprint density at radius 3 is 2.40 bits per heavy atom. The van der Waals surface area contributed by atoms with Crippen molar-refractivity contribution in [2.45, 2.75) is 39.2 Å². The van der Waals surface area contributed by atoms with Crippen LogP contribution >= 0.6 is 0 Å². The van der Waals surface area contributed by atoms with Crippen LogP contribution in [0.15, 0.2) is 24.3 Å². The van der Waals surface area contributed by atoms with Crippen LogP contribution in [-0.2, 0) is 22.6 Å². The average Bonchev–Trinajstić information content (AvgIpc) is 2.28. The SMILES string of the molecule is CCCCCc1ccc(COC=O)cc1. The van der Waals surface area contributed by atoms with E-state index < -0.39 is 0 Å². The van der Waals surface area contributed by atoms with Gasteiger partial charge in [-0.1, -0.05) is 44.0 Å². The molecule has 82 valence electrons. The molecule has 0 spiro atoms. The van der Waals surface area contributed by atoms with Crippen molar-refractivity contribution in [2.24, 2.45) is 0 Å². The molecular weight excluding hydrogens is 188 g/mol. The molecule has 0 saturated heterocycles. The molecule has 1 rings (SSSR count). The van der Waals surface area contributed by atoms with Gasteiger partial charge in [0.05, 0.1) is 0 Å². The summed E-state index contributed by atoms with van der Waals surface area (Å²) in [6.45, 7) is 3.06. The zero-order valence-corrected chi connectivity index (χ0v) is 9.24. The van der Waals surface area contributed by atoms with Gasteiger partial charge in [0.15, 0.2) is 0 Å². The van der Waals surface area contributed by atoms with Gasteiger partial charge < -0.3 is 4.74 Å². The van der Waals surface area contributed by atoms with Gasteiger partial charge in [-0.25, -0.2) is 0 Å². The number of rotatable bonds is 7. The molecule has 0 N–H and O–H groups in total. The Balaban J connectivity index is 2.38. The summed E-state index contributed by atoms with van der Waals surface area (Å²) in [4.78, 5) is 10.00. The number of hydrogen-bond donors (Lipinski definition) is 0. The normalized spacial score (nSPS) is 9.93. The van der Waals surface area contributed by atoms with Crippen molar-refractivity contribution in [3.05, 3.63) is 35.4 Å². The number of carbonyl (C=O) groups excluding carboxylic acids is 1. The lowest BCUT2D eigenvalue weighted by molar-refractivity contribution is -0.129. The first-order chi connectivity index (χ1) is 7.36. The molecule has 2 heteroatoms. The molecule has 15 heavy (non-hydrogen) atoms. The lowest BCUT2D eigenvalue weighted by Gasteiger charge is -2.03. The first kappa shape index (κ1) is 11.8. The molecule has 0 amide bonds. The van der Waals surface area contributed by atoms with Crippen LogP contribution in [-0.4, -0.2) is 6.47 Å². The van der Waals surface area contributed by atoms with E-state index in [0.29, 0.717) is 13.1 Å². The fourth-order valence-electron chi connectivity index (χ4n) is 1.51. The summed E-state index contributed by atoms with van der Waals surface area (Å²) in [5.74, 6) is 0. The van der Waals surface area contributed by atoms with E-state index in [0.717, 1.165) is 12.0 Å². The topological polar surface area (TPSA) is 26.3 Å². The molecule has 0 aliphatic heterocycles. The minimum absolute atomic E-state index is 0.374. The third kappa shape index (κ3) is 4.63. The molecule has 0 atom stereocenters. The van der Waals surface area contributed by atoms with Gasteiger partial charge >= 0.3 is 0 Å². The predicted octanol–water partition coefficient (Wildman–Crippen LogP) is 3.09. The van der Waals surface area contributed by atoms with E-state index in [4.69, 9.17) is 0 Å². The Labute approximate surface area is 91.3 Å². The Morgan fingerprint density at radius 2 is 1.80 bits per heavy atom. The second kappa shape index (κ2) is 7.04. The van der Waals surface area contributed by atoms with Crippen LogP contribution in [0, 0.1) is 0 Å². The first-order valence-electron chi connectivity index (χ1n) is 5.50. The molecule has 0 radical (unpaired) electrons. The van der Waals surface area contributed by atoms with Crippen molar-refractivity contribution in [2.75, 3.05) is 0 Å². The fraction of sp³-hybridized carbons (Fsp3) is 0.462. The van der Waals surface area contributed by atoms with Crippen LogP contribution in [0.4, 0.5) is 0 Å². The zero-order valence-electron chi connectivity index (χ0n) is 9.24. The van der Waals surface area contributed by atoms with Crippen LogP contribution in [0.25, 0.3) is 0 Å². The van der Waals surface area contributed by atoms with Gasteiger partial charge in [0.2, 0.25) is 0 Å². The van der Waals surface area contributed by atoms with E-state index in [-0.39, 0.29) is 0 Å². The van der Waals surface area contributed by atoms with Crippen molar-refractivity contribution < 1.29 is 9.53 Å². The summed E-state index contributed by atoms with van der Waals surface area (Å²) >= 11 is 0. The van der Waals surface area contributed by atoms with E-state index in [1.165, 1.54) is 24.8 Å². The Morgan fingerprint density at radius 1 is 1.13 bits per heavy atom. The molecule has 0 bridgehead atoms. The Bertz CT molecular complexity index is 277. The molecular formula is C13H18O2. The van der Waals surface area contributed by atoms with Gasteiger partial charge in [0, 0.05) is 0 Å². The van der Waals surface area contributed by atoms with Crippen LogP contribution in [0.3, 0.4) is 0 Å². The Hall–Kier alpha value is -1.31. The molecule has 0 saturated carbocycles. The van der Waals surface area contributed by atoms with Gasteiger partial charge in [-0.2, -0.15) is 0 Å². The number of unbranched alkanes of at least 4 members (excludes halogenated alkanes) is 2. The largest absolute Gasteiger partial charge is 0.463 e. The molecule has 1 aromatic rings. The second-order valence-corrected chi connectivity index (χ2v) is 3.68. The van der Waals surface area contributed by atoms with Crippen LogP contribution < -0.4 is 0 Å². The molecule has 0 unspecified atom stereocenters. The molecule has 0 aromatic heterocycles. The number of benzene rings is 1. The summed E-state index contributed by atoms with van der Waals surface area (Å²) in [7, 11) is 0. The monoisotopic (exact) mass is 206 g/mol. The van der Waals surface area contributed by atoms with Crippen molar-refractivity contribution in [1.29, 1.82) is 0 Å². The smallest absolute Gasteiger partial charge is 0.293 e. The van der Waals surface area contributed by atoms with Crippen LogP contribution in [0.1, 0.15) is 37.3 Å². The third-order valence-corrected chi connectivity index (χ3v) is 2.41. The maximum absolute atomic E-state index is 10.00. The quantitative estimate of drug-likeness (QED) is 0.506.